The van der Waals surface area contributed by atoms with Gasteiger partial charge in [0, 0.05) is 24.2 Å². The van der Waals surface area contributed by atoms with Gasteiger partial charge in [0.25, 0.3) is 5.91 Å². The number of carbonyl (C=O) groups excluding carboxylic acids is 1. The van der Waals surface area contributed by atoms with Crippen LogP contribution in [0.2, 0.25) is 0 Å². The maximum absolute atomic E-state index is 13.8. The molecule has 0 spiro atoms. The molecule has 0 bridgehead atoms. The number of ether oxygens (including phenoxy) is 1. The summed E-state index contributed by atoms with van der Waals surface area (Å²) in [4.78, 5) is 14.7. The number of nitrogens with zero attached hydrogens (tertiary/aromatic N) is 1. The van der Waals surface area contributed by atoms with Crippen LogP contribution in [0.1, 0.15) is 34.8 Å². The summed E-state index contributed by atoms with van der Waals surface area (Å²) in [7, 11) is -3.29. The molecule has 4 rings (SSSR count). The lowest BCUT2D eigenvalue weighted by Gasteiger charge is -2.24. The summed E-state index contributed by atoms with van der Waals surface area (Å²) >= 11 is 0. The Bertz CT molecular complexity index is 1380. The molecule has 0 saturated carbocycles. The maximum atomic E-state index is 13.8. The monoisotopic (exact) mass is 564 g/mol. The van der Waals surface area contributed by atoms with E-state index in [-0.39, 0.29) is 28.8 Å². The van der Waals surface area contributed by atoms with Gasteiger partial charge < -0.3 is 15.0 Å². The molecule has 3 aromatic rings. The van der Waals surface area contributed by atoms with Gasteiger partial charge in [0.1, 0.15) is 18.5 Å². The normalized spacial score (nSPS) is 17.7. The molecule has 0 radical (unpaired) electrons. The van der Waals surface area contributed by atoms with Crippen molar-refractivity contribution < 1.29 is 35.5 Å². The quantitative estimate of drug-likeness (QED) is 0.351. The molecule has 2 atom stereocenters. The maximum Gasteiger partial charge on any atom is 0.416 e. The van der Waals surface area contributed by atoms with Crippen molar-refractivity contribution >= 4 is 21.4 Å². The van der Waals surface area contributed by atoms with E-state index in [0.29, 0.717) is 24.2 Å². The van der Waals surface area contributed by atoms with Crippen LogP contribution in [0.4, 0.5) is 23.2 Å². The molecular formula is C28H28F4N2O4S. The number of amides is 1. The zero-order chi connectivity index (χ0) is 28.2. The van der Waals surface area contributed by atoms with E-state index in [1.54, 1.807) is 43.3 Å². The van der Waals surface area contributed by atoms with Crippen molar-refractivity contribution in [3.05, 3.63) is 89.5 Å². The Labute approximate surface area is 224 Å². The molecule has 0 aromatic heterocycles. The summed E-state index contributed by atoms with van der Waals surface area (Å²) < 4.78 is 81.8. The summed E-state index contributed by atoms with van der Waals surface area (Å²) in [6.45, 7) is 1.50. The predicted molar refractivity (Wildman–Crippen MR) is 139 cm³/mol. The van der Waals surface area contributed by atoms with E-state index >= 15 is 0 Å². The van der Waals surface area contributed by atoms with Crippen LogP contribution in [0.15, 0.2) is 77.7 Å². The smallest absolute Gasteiger partial charge is 0.416 e. The summed E-state index contributed by atoms with van der Waals surface area (Å²) in [6, 6.07) is 16.9. The molecule has 6 nitrogen and oxygen atoms in total. The molecule has 39 heavy (non-hydrogen) atoms. The van der Waals surface area contributed by atoms with Crippen molar-refractivity contribution in [1.29, 1.82) is 0 Å². The van der Waals surface area contributed by atoms with Crippen molar-refractivity contribution in [3.63, 3.8) is 0 Å². The number of hydrogen-bond acceptors (Lipinski definition) is 5. The number of sulfone groups is 1. The van der Waals surface area contributed by atoms with Crippen LogP contribution < -0.4 is 15.0 Å². The van der Waals surface area contributed by atoms with E-state index < -0.39 is 40.4 Å². The minimum absolute atomic E-state index is 0.00934. The number of nitrogens with one attached hydrogen (secondary N) is 1. The van der Waals surface area contributed by atoms with Crippen LogP contribution in [-0.4, -0.2) is 45.4 Å². The lowest BCUT2D eigenvalue weighted by Crippen LogP contribution is -2.31. The van der Waals surface area contributed by atoms with Crippen molar-refractivity contribution in [2.75, 3.05) is 23.9 Å². The number of halogens is 4. The second kappa shape index (κ2) is 11.6. The topological polar surface area (TPSA) is 75.7 Å². The van der Waals surface area contributed by atoms with Crippen LogP contribution in [0, 0.1) is 0 Å². The number of carbonyl (C=O) groups is 1. The van der Waals surface area contributed by atoms with Crippen LogP contribution in [-0.2, 0) is 22.6 Å². The van der Waals surface area contributed by atoms with Crippen molar-refractivity contribution in [2.45, 2.75) is 43.1 Å². The summed E-state index contributed by atoms with van der Waals surface area (Å²) in [6.07, 6.45) is -4.49. The first kappa shape index (κ1) is 28.4. The number of alkyl halides is 4. The first-order valence-electron chi connectivity index (χ1n) is 12.4. The standard InChI is InChI=1S/C28H28F4N2O4S/c1-2-39(36,37)26-13-3-19(4-14-26)17-33-27(35)20-5-9-22(10-6-20)34-18-25(15-23(34)16-29)38-24-11-7-21(8-12-24)28(30,31)32/h3-14,23,25H,2,15-18H2,1H3,(H,33,35)/t23-,25+/m0/s1. The zero-order valence-electron chi connectivity index (χ0n) is 21.1. The minimum atomic E-state index is -4.43. The molecule has 1 aliphatic heterocycles. The van der Waals surface area contributed by atoms with Crippen molar-refractivity contribution in [3.8, 4) is 5.75 Å². The highest BCUT2D eigenvalue weighted by Gasteiger charge is 2.34. The minimum Gasteiger partial charge on any atom is -0.489 e. The van der Waals surface area contributed by atoms with E-state index in [1.807, 2.05) is 4.90 Å². The van der Waals surface area contributed by atoms with Gasteiger partial charge >= 0.3 is 6.18 Å². The Morgan fingerprint density at radius 3 is 2.21 bits per heavy atom. The van der Waals surface area contributed by atoms with Gasteiger partial charge in [-0.2, -0.15) is 13.2 Å². The van der Waals surface area contributed by atoms with E-state index in [1.165, 1.54) is 24.3 Å². The fraction of sp³-hybridized carbons (Fsp3) is 0.321. The molecule has 0 unspecified atom stereocenters. The van der Waals surface area contributed by atoms with Gasteiger partial charge in [0.15, 0.2) is 9.84 Å². The van der Waals surface area contributed by atoms with Crippen molar-refractivity contribution in [1.82, 2.24) is 5.32 Å². The van der Waals surface area contributed by atoms with Gasteiger partial charge in [-0.05, 0) is 66.2 Å². The molecule has 0 aliphatic carbocycles. The first-order valence-corrected chi connectivity index (χ1v) is 14.0. The molecule has 1 N–H and O–H groups in total. The molecule has 1 fully saturated rings. The van der Waals surface area contributed by atoms with Crippen LogP contribution >= 0.6 is 0 Å². The summed E-state index contributed by atoms with van der Waals surface area (Å²) in [5.41, 5.74) is 1.07. The number of benzene rings is 3. The Kier molecular flexibility index (Phi) is 8.48. The second-order valence-corrected chi connectivity index (χ2v) is 11.5. The lowest BCUT2D eigenvalue weighted by atomic mass is 10.1. The Hall–Kier alpha value is -3.60. The van der Waals surface area contributed by atoms with Crippen LogP contribution in [0.3, 0.4) is 0 Å². The molecule has 11 heteroatoms. The van der Waals surface area contributed by atoms with Gasteiger partial charge in [0.05, 0.1) is 28.8 Å². The first-order chi connectivity index (χ1) is 18.5. The van der Waals surface area contributed by atoms with Gasteiger partial charge in [-0.25, -0.2) is 12.8 Å². The highest BCUT2D eigenvalue weighted by molar-refractivity contribution is 7.91. The van der Waals surface area contributed by atoms with Crippen LogP contribution in [0.25, 0.3) is 0 Å². The lowest BCUT2D eigenvalue weighted by molar-refractivity contribution is -0.137. The van der Waals surface area contributed by atoms with Gasteiger partial charge in [-0.3, -0.25) is 4.79 Å². The fourth-order valence-electron chi connectivity index (χ4n) is 4.41. The third-order valence-corrected chi connectivity index (χ3v) is 8.37. The summed E-state index contributed by atoms with van der Waals surface area (Å²) in [5.74, 6) is -0.0324. The molecule has 208 valence electrons. The number of anilines is 1. The highest BCUT2D eigenvalue weighted by Crippen LogP contribution is 2.32. The molecule has 1 amide bonds. The average molecular weight is 565 g/mol. The third kappa shape index (κ3) is 6.89. The second-order valence-electron chi connectivity index (χ2n) is 9.24. The number of rotatable bonds is 9. The third-order valence-electron chi connectivity index (χ3n) is 6.62. The molecular weight excluding hydrogens is 536 g/mol. The summed E-state index contributed by atoms with van der Waals surface area (Å²) in [5, 5.41) is 2.79. The fourth-order valence-corrected chi connectivity index (χ4v) is 5.29. The Morgan fingerprint density at radius 2 is 1.64 bits per heavy atom. The predicted octanol–water partition coefficient (Wildman–Crippen LogP) is 5.42. The van der Waals surface area contributed by atoms with E-state index in [2.05, 4.69) is 5.32 Å². The van der Waals surface area contributed by atoms with E-state index in [9.17, 15) is 30.8 Å². The van der Waals surface area contributed by atoms with Gasteiger partial charge in [-0.1, -0.05) is 19.1 Å². The van der Waals surface area contributed by atoms with E-state index in [0.717, 1.165) is 17.7 Å². The van der Waals surface area contributed by atoms with E-state index in [4.69, 9.17) is 4.74 Å². The molecule has 1 saturated heterocycles. The molecule has 1 heterocycles. The Balaban J connectivity index is 1.34. The number of hydrogen-bond donors (Lipinski definition) is 1. The molecule has 1 aliphatic rings. The van der Waals surface area contributed by atoms with Gasteiger partial charge in [-0.15, -0.1) is 0 Å². The largest absolute Gasteiger partial charge is 0.489 e. The van der Waals surface area contributed by atoms with Gasteiger partial charge in [0.2, 0.25) is 0 Å². The van der Waals surface area contributed by atoms with Crippen LogP contribution in [0.5, 0.6) is 5.75 Å². The zero-order valence-corrected chi connectivity index (χ0v) is 21.9. The average Bonchev–Trinajstić information content (AvgIpc) is 3.34. The molecule has 3 aromatic carbocycles. The van der Waals surface area contributed by atoms with Crippen molar-refractivity contribution in [2.24, 2.45) is 0 Å². The highest BCUT2D eigenvalue weighted by atomic mass is 32.2. The Morgan fingerprint density at radius 1 is 1.00 bits per heavy atom. The SMILES string of the molecule is CCS(=O)(=O)c1ccc(CNC(=O)c2ccc(N3C[C@H](Oc4ccc(C(F)(F)F)cc4)C[C@H]3CF)cc2)cc1.